The van der Waals surface area contributed by atoms with Gasteiger partial charge >= 0.3 is 0 Å². The van der Waals surface area contributed by atoms with Crippen molar-refractivity contribution in [2.45, 2.75) is 45.5 Å². The van der Waals surface area contributed by atoms with E-state index in [4.69, 9.17) is 9.15 Å². The Morgan fingerprint density at radius 2 is 2.10 bits per heavy atom. The Balaban J connectivity index is 1.92. The predicted molar refractivity (Wildman–Crippen MR) is 82.0 cm³/mol. The van der Waals surface area contributed by atoms with Gasteiger partial charge in [0.25, 0.3) is 0 Å². The molecular weight excluding hydrogens is 268 g/mol. The van der Waals surface area contributed by atoms with Gasteiger partial charge < -0.3 is 14.3 Å². The second-order valence-corrected chi connectivity index (χ2v) is 6.03. The first-order valence-electron chi connectivity index (χ1n) is 7.79. The summed E-state index contributed by atoms with van der Waals surface area (Å²) < 4.78 is 10.8. The Morgan fingerprint density at radius 1 is 1.33 bits per heavy atom. The fourth-order valence-electron chi connectivity index (χ4n) is 3.11. The van der Waals surface area contributed by atoms with Crippen LogP contribution in [0.1, 0.15) is 31.8 Å². The topological polar surface area (TPSA) is 49.1 Å². The molecule has 1 aliphatic rings. The molecule has 0 bridgehead atoms. The van der Waals surface area contributed by atoms with Crippen LogP contribution in [0.25, 0.3) is 0 Å². The Morgan fingerprint density at radius 3 is 2.76 bits per heavy atom. The van der Waals surface area contributed by atoms with E-state index in [-0.39, 0.29) is 6.61 Å². The van der Waals surface area contributed by atoms with Gasteiger partial charge in [0.2, 0.25) is 0 Å². The number of piperazine rings is 1. The van der Waals surface area contributed by atoms with Gasteiger partial charge in [-0.05, 0) is 32.4 Å². The van der Waals surface area contributed by atoms with Crippen LogP contribution in [0.2, 0.25) is 0 Å². The molecule has 1 aliphatic heterocycles. The summed E-state index contributed by atoms with van der Waals surface area (Å²) >= 11 is 0. The predicted octanol–water partition coefficient (Wildman–Crippen LogP) is 1.70. The fourth-order valence-corrected chi connectivity index (χ4v) is 3.11. The van der Waals surface area contributed by atoms with Crippen LogP contribution in [0.5, 0.6) is 0 Å². The van der Waals surface area contributed by atoms with Gasteiger partial charge in [0.15, 0.2) is 0 Å². The molecule has 1 aromatic rings. The molecule has 1 N–H and O–H groups in total. The van der Waals surface area contributed by atoms with Crippen LogP contribution in [-0.4, -0.2) is 60.3 Å². The van der Waals surface area contributed by atoms with Crippen molar-refractivity contribution in [3.8, 4) is 0 Å². The van der Waals surface area contributed by atoms with Gasteiger partial charge in [0, 0.05) is 45.4 Å². The molecule has 0 unspecified atom stereocenters. The lowest BCUT2D eigenvalue weighted by atomic mass is 10.1. The molecule has 120 valence electrons. The third kappa shape index (κ3) is 4.54. The quantitative estimate of drug-likeness (QED) is 0.830. The van der Waals surface area contributed by atoms with Crippen molar-refractivity contribution in [3.63, 3.8) is 0 Å². The summed E-state index contributed by atoms with van der Waals surface area (Å²) in [6.45, 7) is 9.13. The van der Waals surface area contributed by atoms with Crippen LogP contribution in [0, 0.1) is 0 Å². The van der Waals surface area contributed by atoms with E-state index >= 15 is 0 Å². The van der Waals surface area contributed by atoms with Gasteiger partial charge in [0.05, 0.1) is 6.54 Å². The molecule has 0 radical (unpaired) electrons. The van der Waals surface area contributed by atoms with E-state index in [9.17, 15) is 5.11 Å². The first-order chi connectivity index (χ1) is 10.1. The number of aliphatic hydroxyl groups excluding tert-OH is 1. The van der Waals surface area contributed by atoms with E-state index in [2.05, 4.69) is 23.6 Å². The Labute approximate surface area is 127 Å². The summed E-state index contributed by atoms with van der Waals surface area (Å²) in [7, 11) is 1.67. The smallest absolute Gasteiger partial charge is 0.129 e. The lowest BCUT2D eigenvalue weighted by Crippen LogP contribution is -2.55. The lowest BCUT2D eigenvalue weighted by Gasteiger charge is -2.43. The van der Waals surface area contributed by atoms with Crippen LogP contribution < -0.4 is 0 Å². The van der Waals surface area contributed by atoms with Gasteiger partial charge in [-0.1, -0.05) is 0 Å². The third-order valence-corrected chi connectivity index (χ3v) is 4.12. The van der Waals surface area contributed by atoms with Crippen molar-refractivity contribution in [1.82, 2.24) is 9.80 Å². The van der Waals surface area contributed by atoms with Gasteiger partial charge in [-0.2, -0.15) is 0 Å². The zero-order valence-corrected chi connectivity index (χ0v) is 13.4. The summed E-state index contributed by atoms with van der Waals surface area (Å²) in [6, 6.07) is 4.97. The van der Waals surface area contributed by atoms with Crippen molar-refractivity contribution in [3.05, 3.63) is 23.7 Å². The van der Waals surface area contributed by atoms with E-state index in [0.717, 1.165) is 44.1 Å². The van der Waals surface area contributed by atoms with Gasteiger partial charge in [0.1, 0.15) is 18.1 Å². The monoisotopic (exact) mass is 296 g/mol. The lowest BCUT2D eigenvalue weighted by molar-refractivity contribution is 0.0318. The fraction of sp³-hybridized carbons (Fsp3) is 0.750. The Hall–Kier alpha value is -0.880. The maximum atomic E-state index is 9.28. The van der Waals surface area contributed by atoms with Crippen LogP contribution in [0.15, 0.2) is 16.5 Å². The van der Waals surface area contributed by atoms with E-state index in [1.165, 1.54) is 0 Å². The molecule has 0 aliphatic carbocycles. The van der Waals surface area contributed by atoms with E-state index in [1.54, 1.807) is 7.11 Å². The van der Waals surface area contributed by atoms with Crippen molar-refractivity contribution < 1.29 is 14.3 Å². The standard InChI is InChI=1S/C16H28N2O3/c1-13(2)18-8-7-17(10-14(18)6-9-19)11-15-4-5-16(21-15)12-20-3/h4-5,13-14,19H,6-12H2,1-3H3/t14-/m0/s1. The highest BCUT2D eigenvalue weighted by molar-refractivity contribution is 5.06. The van der Waals surface area contributed by atoms with Crippen molar-refractivity contribution in [1.29, 1.82) is 0 Å². The van der Waals surface area contributed by atoms with Gasteiger partial charge in [-0.25, -0.2) is 0 Å². The number of hydrogen-bond acceptors (Lipinski definition) is 5. The molecule has 0 aromatic carbocycles. The highest BCUT2D eigenvalue weighted by atomic mass is 16.5. The van der Waals surface area contributed by atoms with Crippen LogP contribution in [0.3, 0.4) is 0 Å². The minimum Gasteiger partial charge on any atom is -0.462 e. The van der Waals surface area contributed by atoms with E-state index in [0.29, 0.717) is 18.7 Å². The number of ether oxygens (including phenoxy) is 1. The number of methoxy groups -OCH3 is 1. The largest absolute Gasteiger partial charge is 0.462 e. The zero-order valence-electron chi connectivity index (χ0n) is 13.4. The maximum absolute atomic E-state index is 9.28. The molecule has 0 amide bonds. The number of aliphatic hydroxyl groups is 1. The molecule has 2 rings (SSSR count). The highest BCUT2D eigenvalue weighted by Gasteiger charge is 2.28. The van der Waals surface area contributed by atoms with E-state index < -0.39 is 0 Å². The highest BCUT2D eigenvalue weighted by Crippen LogP contribution is 2.19. The molecular formula is C16H28N2O3. The minimum absolute atomic E-state index is 0.250. The summed E-state index contributed by atoms with van der Waals surface area (Å²) in [4.78, 5) is 4.90. The van der Waals surface area contributed by atoms with Crippen molar-refractivity contribution in [2.24, 2.45) is 0 Å². The molecule has 1 atom stereocenters. The molecule has 0 spiro atoms. The molecule has 0 saturated carbocycles. The summed E-state index contributed by atoms with van der Waals surface area (Å²) in [5.74, 6) is 1.86. The van der Waals surface area contributed by atoms with Crippen LogP contribution >= 0.6 is 0 Å². The Bertz CT molecular complexity index is 419. The molecule has 5 nitrogen and oxygen atoms in total. The van der Waals surface area contributed by atoms with E-state index in [1.807, 2.05) is 12.1 Å². The SMILES string of the molecule is COCc1ccc(CN2CCN(C(C)C)[C@@H](CCO)C2)o1. The Kier molecular flexibility index (Phi) is 6.23. The van der Waals surface area contributed by atoms with Gasteiger partial charge in [-0.3, -0.25) is 9.80 Å². The average Bonchev–Trinajstić information content (AvgIpc) is 2.87. The first kappa shape index (κ1) is 16.5. The first-order valence-corrected chi connectivity index (χ1v) is 7.79. The number of furan rings is 1. The zero-order chi connectivity index (χ0) is 15.2. The van der Waals surface area contributed by atoms with Gasteiger partial charge in [-0.15, -0.1) is 0 Å². The van der Waals surface area contributed by atoms with Crippen LogP contribution in [0.4, 0.5) is 0 Å². The van der Waals surface area contributed by atoms with Crippen molar-refractivity contribution >= 4 is 0 Å². The summed E-state index contributed by atoms with van der Waals surface area (Å²) in [6.07, 6.45) is 0.835. The third-order valence-electron chi connectivity index (χ3n) is 4.12. The molecule has 2 heterocycles. The number of hydrogen-bond donors (Lipinski definition) is 1. The number of nitrogens with zero attached hydrogens (tertiary/aromatic N) is 2. The van der Waals surface area contributed by atoms with Crippen molar-refractivity contribution in [2.75, 3.05) is 33.4 Å². The molecule has 1 aromatic heterocycles. The second-order valence-electron chi connectivity index (χ2n) is 6.03. The van der Waals surface area contributed by atoms with Crippen LogP contribution in [-0.2, 0) is 17.9 Å². The average molecular weight is 296 g/mol. The molecule has 1 fully saturated rings. The summed E-state index contributed by atoms with van der Waals surface area (Å²) in [5.41, 5.74) is 0. The molecule has 5 heteroatoms. The normalized spacial score (nSPS) is 21.3. The summed E-state index contributed by atoms with van der Waals surface area (Å²) in [5, 5.41) is 9.28. The molecule has 1 saturated heterocycles. The number of rotatable bonds is 7. The minimum atomic E-state index is 0.250. The second kappa shape index (κ2) is 7.94. The maximum Gasteiger partial charge on any atom is 0.129 e. The molecule has 21 heavy (non-hydrogen) atoms.